The Balaban J connectivity index is 1.76. The molecule has 0 aromatic heterocycles. The zero-order valence-corrected chi connectivity index (χ0v) is 8.40. The van der Waals surface area contributed by atoms with Gasteiger partial charge in [-0.2, -0.15) is 0 Å². The van der Waals surface area contributed by atoms with Gasteiger partial charge in [0.15, 0.2) is 0 Å². The zero-order chi connectivity index (χ0) is 8.60. The summed E-state index contributed by atoms with van der Waals surface area (Å²) in [6.45, 7) is 5.99. The second-order valence-corrected chi connectivity index (χ2v) is 5.03. The van der Waals surface area contributed by atoms with E-state index in [1.54, 1.807) is 0 Å². The van der Waals surface area contributed by atoms with E-state index in [1.165, 1.54) is 38.6 Å². The van der Waals surface area contributed by atoms with Crippen LogP contribution >= 0.6 is 0 Å². The van der Waals surface area contributed by atoms with Crippen LogP contribution in [0.15, 0.2) is 0 Å². The molecule has 1 aliphatic carbocycles. The Kier molecular flexibility index (Phi) is 2.16. The summed E-state index contributed by atoms with van der Waals surface area (Å²) in [5.41, 5.74) is 0.790. The number of hydrogen-bond acceptors (Lipinski definition) is 1. The molecule has 2 rings (SSSR count). The van der Waals surface area contributed by atoms with Crippen LogP contribution in [0.5, 0.6) is 0 Å². The van der Waals surface area contributed by atoms with Gasteiger partial charge in [0.05, 0.1) is 0 Å². The minimum absolute atomic E-state index is 0.790. The van der Waals surface area contributed by atoms with Crippen molar-refractivity contribution in [3.63, 3.8) is 0 Å². The molecular weight excluding hydrogens is 146 g/mol. The highest BCUT2D eigenvalue weighted by Crippen LogP contribution is 2.52. The molecule has 0 radical (unpaired) electrons. The topological polar surface area (TPSA) is 12.0 Å². The first-order chi connectivity index (χ1) is 5.74. The smallest absolute Gasteiger partial charge is 0.00755 e. The zero-order valence-electron chi connectivity index (χ0n) is 8.40. The number of rotatable bonds is 3. The van der Waals surface area contributed by atoms with Crippen molar-refractivity contribution in [2.45, 2.75) is 52.0 Å². The summed E-state index contributed by atoms with van der Waals surface area (Å²) in [4.78, 5) is 0. The molecule has 1 heteroatoms. The molecule has 1 heterocycles. The first-order valence-corrected chi connectivity index (χ1v) is 5.47. The quantitative estimate of drug-likeness (QED) is 0.681. The molecule has 1 spiro atoms. The molecule has 2 aliphatic rings. The summed E-state index contributed by atoms with van der Waals surface area (Å²) in [5, 5.41) is 3.67. The molecule has 1 nitrogen and oxygen atoms in total. The van der Waals surface area contributed by atoms with Gasteiger partial charge in [-0.1, -0.05) is 20.3 Å². The SMILES string of the molecule is CCC(C)CC1CC2(CC2)CN1. The molecule has 1 saturated heterocycles. The third-order valence-electron chi connectivity index (χ3n) is 3.79. The molecule has 12 heavy (non-hydrogen) atoms. The predicted octanol–water partition coefficient (Wildman–Crippen LogP) is 2.56. The van der Waals surface area contributed by atoms with Crippen molar-refractivity contribution in [3.8, 4) is 0 Å². The average molecular weight is 167 g/mol. The second kappa shape index (κ2) is 3.02. The highest BCUT2D eigenvalue weighted by Gasteiger charge is 2.47. The van der Waals surface area contributed by atoms with Gasteiger partial charge in [-0.15, -0.1) is 0 Å². The van der Waals surface area contributed by atoms with E-state index >= 15 is 0 Å². The van der Waals surface area contributed by atoms with Crippen LogP contribution < -0.4 is 5.32 Å². The van der Waals surface area contributed by atoms with Gasteiger partial charge in [-0.3, -0.25) is 0 Å². The molecule has 1 aliphatic heterocycles. The van der Waals surface area contributed by atoms with Crippen molar-refractivity contribution in [1.82, 2.24) is 5.32 Å². The molecule has 0 bridgehead atoms. The minimum Gasteiger partial charge on any atom is -0.313 e. The van der Waals surface area contributed by atoms with Gasteiger partial charge in [-0.05, 0) is 37.0 Å². The van der Waals surface area contributed by atoms with Crippen LogP contribution in [0, 0.1) is 11.3 Å². The van der Waals surface area contributed by atoms with Crippen LogP contribution in [0.3, 0.4) is 0 Å². The van der Waals surface area contributed by atoms with E-state index < -0.39 is 0 Å². The van der Waals surface area contributed by atoms with Crippen molar-refractivity contribution in [1.29, 1.82) is 0 Å². The lowest BCUT2D eigenvalue weighted by Crippen LogP contribution is -2.23. The Morgan fingerprint density at radius 2 is 2.25 bits per heavy atom. The molecule has 2 fully saturated rings. The highest BCUT2D eigenvalue weighted by atomic mass is 15.0. The summed E-state index contributed by atoms with van der Waals surface area (Å²) < 4.78 is 0. The van der Waals surface area contributed by atoms with Gasteiger partial charge in [0.1, 0.15) is 0 Å². The van der Waals surface area contributed by atoms with Crippen molar-refractivity contribution in [3.05, 3.63) is 0 Å². The monoisotopic (exact) mass is 167 g/mol. The first-order valence-electron chi connectivity index (χ1n) is 5.47. The maximum atomic E-state index is 3.67. The second-order valence-electron chi connectivity index (χ2n) is 5.03. The van der Waals surface area contributed by atoms with E-state index in [9.17, 15) is 0 Å². The van der Waals surface area contributed by atoms with Crippen molar-refractivity contribution >= 4 is 0 Å². The Labute approximate surface area is 75.9 Å². The van der Waals surface area contributed by atoms with E-state index in [1.807, 2.05) is 0 Å². The summed E-state index contributed by atoms with van der Waals surface area (Å²) in [5.74, 6) is 0.913. The lowest BCUT2D eigenvalue weighted by atomic mass is 9.95. The van der Waals surface area contributed by atoms with Crippen molar-refractivity contribution < 1.29 is 0 Å². The molecule has 2 atom stereocenters. The van der Waals surface area contributed by atoms with E-state index in [0.717, 1.165) is 17.4 Å². The molecular formula is C11H21N. The van der Waals surface area contributed by atoms with Crippen LogP contribution in [0.4, 0.5) is 0 Å². The molecule has 0 amide bonds. The van der Waals surface area contributed by atoms with Crippen LogP contribution in [-0.4, -0.2) is 12.6 Å². The standard InChI is InChI=1S/C11H21N/c1-3-9(2)6-10-7-11(4-5-11)8-12-10/h9-10,12H,3-8H2,1-2H3. The summed E-state index contributed by atoms with van der Waals surface area (Å²) >= 11 is 0. The van der Waals surface area contributed by atoms with Gasteiger partial charge in [0, 0.05) is 12.6 Å². The average Bonchev–Trinajstić information content (AvgIpc) is 2.68. The van der Waals surface area contributed by atoms with Gasteiger partial charge < -0.3 is 5.32 Å². The summed E-state index contributed by atoms with van der Waals surface area (Å²) in [6.07, 6.45) is 7.20. The van der Waals surface area contributed by atoms with Crippen LogP contribution in [-0.2, 0) is 0 Å². The molecule has 1 saturated carbocycles. The Morgan fingerprint density at radius 3 is 2.75 bits per heavy atom. The third kappa shape index (κ3) is 1.66. The van der Waals surface area contributed by atoms with E-state index in [0.29, 0.717) is 0 Å². The maximum Gasteiger partial charge on any atom is 0.00755 e. The molecule has 70 valence electrons. The van der Waals surface area contributed by atoms with Crippen LogP contribution in [0.25, 0.3) is 0 Å². The molecule has 1 N–H and O–H groups in total. The van der Waals surface area contributed by atoms with Crippen molar-refractivity contribution in [2.75, 3.05) is 6.54 Å². The molecule has 0 aromatic rings. The molecule has 2 unspecified atom stereocenters. The van der Waals surface area contributed by atoms with Gasteiger partial charge in [0.2, 0.25) is 0 Å². The van der Waals surface area contributed by atoms with Crippen LogP contribution in [0.2, 0.25) is 0 Å². The first kappa shape index (κ1) is 8.55. The van der Waals surface area contributed by atoms with E-state index in [4.69, 9.17) is 0 Å². The number of hydrogen-bond donors (Lipinski definition) is 1. The fourth-order valence-corrected chi connectivity index (χ4v) is 2.40. The van der Waals surface area contributed by atoms with E-state index in [2.05, 4.69) is 19.2 Å². The van der Waals surface area contributed by atoms with Gasteiger partial charge >= 0.3 is 0 Å². The summed E-state index contributed by atoms with van der Waals surface area (Å²) in [6, 6.07) is 0.849. The fourth-order valence-electron chi connectivity index (χ4n) is 2.40. The van der Waals surface area contributed by atoms with Gasteiger partial charge in [0.25, 0.3) is 0 Å². The van der Waals surface area contributed by atoms with E-state index in [-0.39, 0.29) is 0 Å². The maximum absolute atomic E-state index is 3.67. The molecule has 0 aromatic carbocycles. The predicted molar refractivity (Wildman–Crippen MR) is 52.1 cm³/mol. The fraction of sp³-hybridized carbons (Fsp3) is 1.00. The summed E-state index contributed by atoms with van der Waals surface area (Å²) in [7, 11) is 0. The van der Waals surface area contributed by atoms with Crippen molar-refractivity contribution in [2.24, 2.45) is 11.3 Å². The highest BCUT2D eigenvalue weighted by molar-refractivity contribution is 5.03. The van der Waals surface area contributed by atoms with Gasteiger partial charge in [-0.25, -0.2) is 0 Å². The Morgan fingerprint density at radius 1 is 1.50 bits per heavy atom. The number of nitrogens with one attached hydrogen (secondary N) is 1. The normalized spacial score (nSPS) is 34.0. The third-order valence-corrected chi connectivity index (χ3v) is 3.79. The lowest BCUT2D eigenvalue weighted by molar-refractivity contribution is 0.418. The lowest BCUT2D eigenvalue weighted by Gasteiger charge is -2.14. The largest absolute Gasteiger partial charge is 0.313 e. The Hall–Kier alpha value is -0.0400. The van der Waals surface area contributed by atoms with Crippen LogP contribution in [0.1, 0.15) is 46.0 Å². The minimum atomic E-state index is 0.790. The Bertz CT molecular complexity index is 160.